The van der Waals surface area contributed by atoms with E-state index < -0.39 is 10.0 Å². The third-order valence-corrected chi connectivity index (χ3v) is 4.24. The quantitative estimate of drug-likeness (QED) is 0.835. The van der Waals surface area contributed by atoms with Gasteiger partial charge in [-0.05, 0) is 35.7 Å². The van der Waals surface area contributed by atoms with Crippen molar-refractivity contribution in [3.8, 4) is 0 Å². The predicted octanol–water partition coefficient (Wildman–Crippen LogP) is 1.09. The zero-order valence-electron chi connectivity index (χ0n) is 10.9. The van der Waals surface area contributed by atoms with Gasteiger partial charge >= 0.3 is 0 Å². The van der Waals surface area contributed by atoms with Crippen LogP contribution in [-0.4, -0.2) is 25.1 Å². The number of aliphatic hydroxyl groups is 1. The summed E-state index contributed by atoms with van der Waals surface area (Å²) in [6.45, 7) is 0.250. The first-order chi connectivity index (χ1) is 9.62. The summed E-state index contributed by atoms with van der Waals surface area (Å²) >= 11 is 0. The Bertz CT molecular complexity index is 640. The molecule has 0 aliphatic carbocycles. The number of nitrogens with zero attached hydrogens (tertiary/aromatic N) is 1. The molecule has 0 aliphatic heterocycles. The molecular formula is C14H16N2O3S. The van der Waals surface area contributed by atoms with E-state index in [2.05, 4.69) is 9.71 Å². The number of aromatic nitrogens is 1. The van der Waals surface area contributed by atoms with Crippen molar-refractivity contribution in [3.05, 3.63) is 59.9 Å². The molecule has 0 aliphatic rings. The monoisotopic (exact) mass is 292 g/mol. The molecule has 0 saturated carbocycles. The van der Waals surface area contributed by atoms with Gasteiger partial charge in [0.25, 0.3) is 0 Å². The van der Waals surface area contributed by atoms with Crippen LogP contribution in [0.5, 0.6) is 0 Å². The summed E-state index contributed by atoms with van der Waals surface area (Å²) in [7, 11) is -3.53. The van der Waals surface area contributed by atoms with Gasteiger partial charge < -0.3 is 5.11 Å². The first kappa shape index (κ1) is 14.6. The third kappa shape index (κ3) is 3.86. The Morgan fingerprint density at radius 1 is 1.10 bits per heavy atom. The Morgan fingerprint density at radius 3 is 2.45 bits per heavy atom. The van der Waals surface area contributed by atoms with Gasteiger partial charge in [0, 0.05) is 25.5 Å². The molecular weight excluding hydrogens is 276 g/mol. The highest BCUT2D eigenvalue weighted by Gasteiger charge is 2.13. The largest absolute Gasteiger partial charge is 0.396 e. The molecule has 0 fully saturated rings. The van der Waals surface area contributed by atoms with Crippen LogP contribution in [0.3, 0.4) is 0 Å². The molecule has 0 spiro atoms. The van der Waals surface area contributed by atoms with Gasteiger partial charge in [-0.2, -0.15) is 0 Å². The van der Waals surface area contributed by atoms with Gasteiger partial charge in [0.2, 0.25) is 10.0 Å². The second kappa shape index (κ2) is 6.60. The molecule has 1 heterocycles. The smallest absolute Gasteiger partial charge is 0.240 e. The lowest BCUT2D eigenvalue weighted by Gasteiger charge is -2.07. The van der Waals surface area contributed by atoms with E-state index in [1.807, 2.05) is 0 Å². The van der Waals surface area contributed by atoms with Crippen LogP contribution >= 0.6 is 0 Å². The third-order valence-electron chi connectivity index (χ3n) is 2.82. The van der Waals surface area contributed by atoms with Crippen molar-refractivity contribution in [2.75, 3.05) is 6.61 Å². The fraction of sp³-hybridized carbons (Fsp3) is 0.214. The normalized spacial score (nSPS) is 11.4. The van der Waals surface area contributed by atoms with E-state index in [-0.39, 0.29) is 18.0 Å². The minimum absolute atomic E-state index is 0.0470. The summed E-state index contributed by atoms with van der Waals surface area (Å²) in [6, 6.07) is 10.0. The summed E-state index contributed by atoms with van der Waals surface area (Å²) in [5, 5.41) is 8.82. The highest BCUT2D eigenvalue weighted by atomic mass is 32.2. The predicted molar refractivity (Wildman–Crippen MR) is 75.5 cm³/mol. The molecule has 1 aromatic carbocycles. The fourth-order valence-corrected chi connectivity index (χ4v) is 2.75. The summed E-state index contributed by atoms with van der Waals surface area (Å²) in [5.74, 6) is 0. The van der Waals surface area contributed by atoms with E-state index in [4.69, 9.17) is 5.11 Å². The SMILES string of the molecule is O=S(=O)(NCc1cccnc1)c1ccc(CCO)cc1. The van der Waals surface area contributed by atoms with Crippen LogP contribution in [0.25, 0.3) is 0 Å². The molecule has 0 saturated heterocycles. The van der Waals surface area contributed by atoms with Crippen LogP contribution in [0.4, 0.5) is 0 Å². The molecule has 2 aromatic rings. The van der Waals surface area contributed by atoms with Crippen molar-refractivity contribution in [2.24, 2.45) is 0 Å². The molecule has 1 aromatic heterocycles. The molecule has 0 amide bonds. The summed E-state index contributed by atoms with van der Waals surface area (Å²) < 4.78 is 26.7. The van der Waals surface area contributed by atoms with Crippen LogP contribution in [0.15, 0.2) is 53.7 Å². The van der Waals surface area contributed by atoms with Gasteiger partial charge in [-0.3, -0.25) is 4.98 Å². The number of aliphatic hydroxyl groups excluding tert-OH is 1. The van der Waals surface area contributed by atoms with Crippen LogP contribution in [0, 0.1) is 0 Å². The number of nitrogens with one attached hydrogen (secondary N) is 1. The maximum Gasteiger partial charge on any atom is 0.240 e. The second-order valence-electron chi connectivity index (χ2n) is 4.30. The van der Waals surface area contributed by atoms with Crippen LogP contribution in [0.1, 0.15) is 11.1 Å². The maximum absolute atomic E-state index is 12.1. The molecule has 0 atom stereocenters. The number of hydrogen-bond donors (Lipinski definition) is 2. The number of benzene rings is 1. The van der Waals surface area contributed by atoms with E-state index >= 15 is 0 Å². The van der Waals surface area contributed by atoms with E-state index in [0.717, 1.165) is 11.1 Å². The van der Waals surface area contributed by atoms with E-state index in [0.29, 0.717) is 6.42 Å². The number of sulfonamides is 1. The molecule has 20 heavy (non-hydrogen) atoms. The van der Waals surface area contributed by atoms with Crippen molar-refractivity contribution in [2.45, 2.75) is 17.9 Å². The number of rotatable bonds is 6. The summed E-state index contributed by atoms with van der Waals surface area (Å²) in [4.78, 5) is 4.14. The van der Waals surface area contributed by atoms with E-state index in [1.54, 1.807) is 36.7 Å². The molecule has 106 valence electrons. The van der Waals surface area contributed by atoms with E-state index in [9.17, 15) is 8.42 Å². The lowest BCUT2D eigenvalue weighted by atomic mass is 10.2. The van der Waals surface area contributed by atoms with Gasteiger partial charge in [-0.15, -0.1) is 0 Å². The van der Waals surface area contributed by atoms with Crippen LogP contribution in [0.2, 0.25) is 0 Å². The van der Waals surface area contributed by atoms with Crippen molar-refractivity contribution < 1.29 is 13.5 Å². The molecule has 0 radical (unpaired) electrons. The van der Waals surface area contributed by atoms with Gasteiger partial charge in [-0.1, -0.05) is 18.2 Å². The highest BCUT2D eigenvalue weighted by Crippen LogP contribution is 2.11. The maximum atomic E-state index is 12.1. The van der Waals surface area contributed by atoms with Crippen molar-refractivity contribution in [1.82, 2.24) is 9.71 Å². The second-order valence-corrected chi connectivity index (χ2v) is 6.07. The Hall–Kier alpha value is -1.76. The average Bonchev–Trinajstić information content (AvgIpc) is 2.47. The molecule has 2 N–H and O–H groups in total. The van der Waals surface area contributed by atoms with Gasteiger partial charge in [0.05, 0.1) is 4.90 Å². The first-order valence-electron chi connectivity index (χ1n) is 6.20. The molecule has 6 heteroatoms. The highest BCUT2D eigenvalue weighted by molar-refractivity contribution is 7.89. The van der Waals surface area contributed by atoms with Crippen molar-refractivity contribution in [1.29, 1.82) is 0 Å². The molecule has 0 unspecified atom stereocenters. The van der Waals surface area contributed by atoms with Gasteiger partial charge in [0.15, 0.2) is 0 Å². The molecule has 0 bridgehead atoms. The lowest BCUT2D eigenvalue weighted by molar-refractivity contribution is 0.299. The molecule has 5 nitrogen and oxygen atoms in total. The first-order valence-corrected chi connectivity index (χ1v) is 7.68. The van der Waals surface area contributed by atoms with Crippen molar-refractivity contribution in [3.63, 3.8) is 0 Å². The zero-order valence-corrected chi connectivity index (χ0v) is 11.7. The topological polar surface area (TPSA) is 79.3 Å². The summed E-state index contributed by atoms with van der Waals surface area (Å²) in [5.41, 5.74) is 1.70. The Balaban J connectivity index is 2.06. The average molecular weight is 292 g/mol. The molecule has 2 rings (SSSR count). The minimum atomic E-state index is -3.53. The van der Waals surface area contributed by atoms with Crippen LogP contribution < -0.4 is 4.72 Å². The van der Waals surface area contributed by atoms with Gasteiger partial charge in [-0.25, -0.2) is 13.1 Å². The minimum Gasteiger partial charge on any atom is -0.396 e. The number of pyridine rings is 1. The van der Waals surface area contributed by atoms with Crippen molar-refractivity contribution >= 4 is 10.0 Å². The lowest BCUT2D eigenvalue weighted by Crippen LogP contribution is -2.23. The van der Waals surface area contributed by atoms with Crippen LogP contribution in [-0.2, 0) is 23.0 Å². The zero-order chi connectivity index (χ0) is 14.4. The summed E-state index contributed by atoms with van der Waals surface area (Å²) in [6.07, 6.45) is 3.77. The Labute approximate surface area is 118 Å². The fourth-order valence-electron chi connectivity index (χ4n) is 1.73. The van der Waals surface area contributed by atoms with Gasteiger partial charge in [0.1, 0.15) is 0 Å². The van der Waals surface area contributed by atoms with E-state index in [1.165, 1.54) is 12.1 Å². The number of hydrogen-bond acceptors (Lipinski definition) is 4. The Morgan fingerprint density at radius 2 is 1.85 bits per heavy atom. The standard InChI is InChI=1S/C14H16N2O3S/c17-9-7-12-3-5-14(6-4-12)20(18,19)16-11-13-2-1-8-15-10-13/h1-6,8,10,16-17H,7,9,11H2. The Kier molecular flexibility index (Phi) is 4.84.